The molecule has 38 heavy (non-hydrogen) atoms. The first kappa shape index (κ1) is 31.0. The second-order valence-electron chi connectivity index (χ2n) is 12.6. The first-order valence-electron chi connectivity index (χ1n) is 13.2. The Hall–Kier alpha value is -3.18. The highest BCUT2D eigenvalue weighted by molar-refractivity contribution is 6.37. The SMILES string of the molecule is CC(C)(C)C(NC(=O)NC(C(=O)N1CCCC1C(=O)NC(CC1CCC1)C(=O)C(N)=O)C(C)(C)C)C(=O)O. The van der Waals surface area contributed by atoms with E-state index in [1.54, 1.807) is 41.5 Å². The summed E-state index contributed by atoms with van der Waals surface area (Å²) in [6, 6.07) is -5.01. The number of carbonyl (C=O) groups is 6. The normalized spacial score (nSPS) is 20.5. The molecule has 0 spiro atoms. The highest BCUT2D eigenvalue weighted by Crippen LogP contribution is 2.31. The molecule has 2 fully saturated rings. The van der Waals surface area contributed by atoms with Gasteiger partial charge in [-0.2, -0.15) is 0 Å². The van der Waals surface area contributed by atoms with Crippen LogP contribution >= 0.6 is 0 Å². The van der Waals surface area contributed by atoms with Crippen molar-refractivity contribution in [2.45, 2.75) is 104 Å². The third-order valence-electron chi connectivity index (χ3n) is 7.28. The molecular formula is C26H43N5O7. The molecule has 6 N–H and O–H groups in total. The van der Waals surface area contributed by atoms with Crippen molar-refractivity contribution in [2.24, 2.45) is 22.5 Å². The van der Waals surface area contributed by atoms with Crippen LogP contribution in [0.4, 0.5) is 4.79 Å². The van der Waals surface area contributed by atoms with Crippen LogP contribution in [-0.2, 0) is 24.0 Å². The lowest BCUT2D eigenvalue weighted by atomic mass is 9.80. The summed E-state index contributed by atoms with van der Waals surface area (Å²) in [6.07, 6.45) is 4.05. The second-order valence-corrected chi connectivity index (χ2v) is 12.6. The summed E-state index contributed by atoms with van der Waals surface area (Å²) in [5, 5.41) is 17.2. The monoisotopic (exact) mass is 537 g/mol. The third kappa shape index (κ3) is 7.91. The standard InChI is InChI=1S/C26H43N5O7/c1-25(2,3)18(29-24(38)30-19(23(36)37)26(4,5)6)22(35)31-12-8-11-16(31)21(34)28-15(17(32)20(27)33)13-14-9-7-10-14/h14-16,18-19H,7-13H2,1-6H3,(H2,27,33)(H,28,34)(H,36,37)(H2,29,30,38). The molecule has 2 aliphatic rings. The van der Waals surface area contributed by atoms with Gasteiger partial charge in [-0.15, -0.1) is 0 Å². The van der Waals surface area contributed by atoms with Crippen molar-refractivity contribution >= 4 is 35.5 Å². The van der Waals surface area contributed by atoms with Gasteiger partial charge in [0.05, 0.1) is 6.04 Å². The van der Waals surface area contributed by atoms with Gasteiger partial charge in [-0.05, 0) is 36.0 Å². The van der Waals surface area contributed by atoms with Crippen molar-refractivity contribution < 1.29 is 33.9 Å². The zero-order valence-corrected chi connectivity index (χ0v) is 23.3. The molecule has 0 aromatic rings. The minimum Gasteiger partial charge on any atom is -0.480 e. The van der Waals surface area contributed by atoms with Crippen LogP contribution in [0.5, 0.6) is 0 Å². The molecule has 1 aliphatic heterocycles. The molecule has 1 aliphatic carbocycles. The van der Waals surface area contributed by atoms with Gasteiger partial charge in [0.2, 0.25) is 17.6 Å². The average molecular weight is 538 g/mol. The molecule has 4 unspecified atom stereocenters. The van der Waals surface area contributed by atoms with Gasteiger partial charge in [0.25, 0.3) is 5.91 Å². The number of nitrogens with one attached hydrogen (secondary N) is 3. The third-order valence-corrected chi connectivity index (χ3v) is 7.28. The van der Waals surface area contributed by atoms with Gasteiger partial charge >= 0.3 is 12.0 Å². The summed E-state index contributed by atoms with van der Waals surface area (Å²) in [5.41, 5.74) is 3.66. The number of rotatable bonds is 10. The quantitative estimate of drug-likeness (QED) is 0.256. The molecule has 12 nitrogen and oxygen atoms in total. The Morgan fingerprint density at radius 1 is 0.868 bits per heavy atom. The predicted molar refractivity (Wildman–Crippen MR) is 139 cm³/mol. The number of nitrogens with two attached hydrogens (primary N) is 1. The van der Waals surface area contributed by atoms with Crippen LogP contribution in [0.1, 0.15) is 80.1 Å². The van der Waals surface area contributed by atoms with Gasteiger partial charge in [-0.3, -0.25) is 19.2 Å². The number of hydrogen-bond acceptors (Lipinski definition) is 6. The number of urea groups is 1. The Morgan fingerprint density at radius 2 is 1.42 bits per heavy atom. The van der Waals surface area contributed by atoms with Crippen LogP contribution in [0.3, 0.4) is 0 Å². The van der Waals surface area contributed by atoms with E-state index < -0.39 is 70.5 Å². The molecule has 12 heteroatoms. The molecule has 1 saturated heterocycles. The van der Waals surface area contributed by atoms with E-state index in [9.17, 15) is 33.9 Å². The number of hydrogen-bond donors (Lipinski definition) is 5. The fourth-order valence-electron chi connectivity index (χ4n) is 4.80. The molecule has 5 amide bonds. The van der Waals surface area contributed by atoms with Gasteiger partial charge < -0.3 is 31.7 Å². The number of amides is 5. The molecular weight excluding hydrogens is 494 g/mol. The van der Waals surface area contributed by atoms with E-state index in [0.717, 1.165) is 19.3 Å². The van der Waals surface area contributed by atoms with E-state index in [-0.39, 0.29) is 12.5 Å². The van der Waals surface area contributed by atoms with Gasteiger partial charge in [-0.1, -0.05) is 60.8 Å². The maximum absolute atomic E-state index is 13.7. The first-order chi connectivity index (χ1) is 17.4. The van der Waals surface area contributed by atoms with E-state index in [1.165, 1.54) is 4.90 Å². The molecule has 214 valence electrons. The summed E-state index contributed by atoms with van der Waals surface area (Å²) in [5.74, 6) is -4.01. The number of carboxylic acid groups (broad SMARTS) is 1. The number of likely N-dealkylation sites (tertiary alicyclic amines) is 1. The summed E-state index contributed by atoms with van der Waals surface area (Å²) in [4.78, 5) is 76.7. The van der Waals surface area contributed by atoms with Crippen molar-refractivity contribution in [3.05, 3.63) is 0 Å². The van der Waals surface area contributed by atoms with E-state index >= 15 is 0 Å². The molecule has 1 heterocycles. The Balaban J connectivity index is 2.18. The van der Waals surface area contributed by atoms with Crippen LogP contribution in [0.25, 0.3) is 0 Å². The van der Waals surface area contributed by atoms with Crippen LogP contribution < -0.4 is 21.7 Å². The maximum atomic E-state index is 13.7. The van der Waals surface area contributed by atoms with Crippen molar-refractivity contribution in [3.8, 4) is 0 Å². The fourth-order valence-corrected chi connectivity index (χ4v) is 4.80. The average Bonchev–Trinajstić information content (AvgIpc) is 3.24. The zero-order chi connectivity index (χ0) is 29.0. The predicted octanol–water partition coefficient (Wildman–Crippen LogP) is 0.920. The van der Waals surface area contributed by atoms with E-state index in [4.69, 9.17) is 5.73 Å². The van der Waals surface area contributed by atoms with Crippen molar-refractivity contribution in [2.75, 3.05) is 6.54 Å². The minimum absolute atomic E-state index is 0.223. The lowest BCUT2D eigenvalue weighted by molar-refractivity contribution is -0.143. The Kier molecular flexibility index (Phi) is 9.90. The minimum atomic E-state index is -1.20. The summed E-state index contributed by atoms with van der Waals surface area (Å²) >= 11 is 0. The fraction of sp³-hybridized carbons (Fsp3) is 0.769. The van der Waals surface area contributed by atoms with Crippen LogP contribution in [0.2, 0.25) is 0 Å². The van der Waals surface area contributed by atoms with Crippen molar-refractivity contribution in [3.63, 3.8) is 0 Å². The van der Waals surface area contributed by atoms with Gasteiger partial charge in [0.1, 0.15) is 18.1 Å². The number of carboxylic acids is 1. The highest BCUT2D eigenvalue weighted by atomic mass is 16.4. The first-order valence-corrected chi connectivity index (χ1v) is 13.2. The number of primary amides is 1. The lowest BCUT2D eigenvalue weighted by Crippen LogP contribution is -2.61. The van der Waals surface area contributed by atoms with Gasteiger partial charge in [0.15, 0.2) is 0 Å². The van der Waals surface area contributed by atoms with Crippen molar-refractivity contribution in [1.29, 1.82) is 0 Å². The number of Topliss-reactive ketones (excluding diaryl/α,β-unsaturated/α-hetero) is 1. The smallest absolute Gasteiger partial charge is 0.326 e. The molecule has 1 saturated carbocycles. The topological polar surface area (TPSA) is 188 Å². The maximum Gasteiger partial charge on any atom is 0.326 e. The summed E-state index contributed by atoms with van der Waals surface area (Å²) in [6.45, 7) is 10.5. The summed E-state index contributed by atoms with van der Waals surface area (Å²) < 4.78 is 0. The molecule has 0 aromatic heterocycles. The largest absolute Gasteiger partial charge is 0.480 e. The van der Waals surface area contributed by atoms with Crippen molar-refractivity contribution in [1.82, 2.24) is 20.9 Å². The Labute approximate surface area is 223 Å². The highest BCUT2D eigenvalue weighted by Gasteiger charge is 2.43. The lowest BCUT2D eigenvalue weighted by Gasteiger charge is -2.36. The molecule has 4 atom stereocenters. The van der Waals surface area contributed by atoms with E-state index in [2.05, 4.69) is 16.0 Å². The Bertz CT molecular complexity index is 949. The van der Waals surface area contributed by atoms with E-state index in [0.29, 0.717) is 19.3 Å². The molecule has 0 radical (unpaired) electrons. The van der Waals surface area contributed by atoms with Gasteiger partial charge in [0, 0.05) is 6.54 Å². The number of carbonyl (C=O) groups excluding carboxylic acids is 5. The van der Waals surface area contributed by atoms with Crippen LogP contribution in [0.15, 0.2) is 0 Å². The van der Waals surface area contributed by atoms with Crippen LogP contribution in [-0.4, -0.2) is 76.2 Å². The van der Waals surface area contributed by atoms with Gasteiger partial charge in [-0.25, -0.2) is 9.59 Å². The molecule has 2 rings (SSSR count). The summed E-state index contributed by atoms with van der Waals surface area (Å²) in [7, 11) is 0. The zero-order valence-electron chi connectivity index (χ0n) is 23.3. The second kappa shape index (κ2) is 12.1. The van der Waals surface area contributed by atoms with E-state index in [1.807, 2.05) is 0 Å². The number of ketones is 1. The van der Waals surface area contributed by atoms with Crippen LogP contribution in [0, 0.1) is 16.7 Å². The molecule has 0 aromatic carbocycles. The number of aliphatic carboxylic acids is 1. The molecule has 0 bridgehead atoms. The number of nitrogens with zero attached hydrogens (tertiary/aromatic N) is 1. The Morgan fingerprint density at radius 3 is 1.87 bits per heavy atom.